The number of hydrogen-bond acceptors (Lipinski definition) is 5. The van der Waals surface area contributed by atoms with E-state index in [2.05, 4.69) is 51.4 Å². The molecule has 1 saturated heterocycles. The molecule has 0 spiro atoms. The Morgan fingerprint density at radius 1 is 1.25 bits per heavy atom. The molecule has 6 nitrogen and oxygen atoms in total. The van der Waals surface area contributed by atoms with E-state index in [1.165, 1.54) is 5.56 Å². The van der Waals surface area contributed by atoms with Crippen LogP contribution in [0.2, 0.25) is 0 Å². The maximum absolute atomic E-state index is 11.2. The molecule has 0 aliphatic carbocycles. The van der Waals surface area contributed by atoms with Crippen LogP contribution in [0.15, 0.2) is 36.5 Å². The zero-order valence-electron chi connectivity index (χ0n) is 17.0. The number of carbonyl (C=O) groups is 1. The summed E-state index contributed by atoms with van der Waals surface area (Å²) >= 11 is 0. The molecule has 0 saturated carbocycles. The van der Waals surface area contributed by atoms with Gasteiger partial charge in [0.1, 0.15) is 0 Å². The van der Waals surface area contributed by atoms with Gasteiger partial charge in [0, 0.05) is 32.3 Å². The summed E-state index contributed by atoms with van der Waals surface area (Å²) in [6, 6.07) is 10.5. The Balaban J connectivity index is 1.57. The SMILES string of the molecule is CCCOc1ccnc(N2CCC(c3ccc([C@H](C)NC(C)=O)cc3)CC2)n1. The van der Waals surface area contributed by atoms with Crippen molar-refractivity contribution in [3.8, 4) is 5.88 Å². The van der Waals surface area contributed by atoms with E-state index in [-0.39, 0.29) is 11.9 Å². The first-order chi connectivity index (χ1) is 13.6. The maximum Gasteiger partial charge on any atom is 0.228 e. The van der Waals surface area contributed by atoms with E-state index in [0.717, 1.165) is 43.9 Å². The third-order valence-electron chi connectivity index (χ3n) is 5.18. The number of carbonyl (C=O) groups excluding carboxylic acids is 1. The van der Waals surface area contributed by atoms with Crippen molar-refractivity contribution in [2.24, 2.45) is 0 Å². The van der Waals surface area contributed by atoms with E-state index in [1.807, 2.05) is 13.0 Å². The van der Waals surface area contributed by atoms with Crippen molar-refractivity contribution in [2.75, 3.05) is 24.6 Å². The molecule has 3 rings (SSSR count). The van der Waals surface area contributed by atoms with Gasteiger partial charge in [0.25, 0.3) is 0 Å². The second kappa shape index (κ2) is 9.53. The van der Waals surface area contributed by atoms with E-state index in [4.69, 9.17) is 4.74 Å². The molecule has 2 aromatic rings. The zero-order chi connectivity index (χ0) is 19.9. The van der Waals surface area contributed by atoms with Gasteiger partial charge in [0.2, 0.25) is 17.7 Å². The van der Waals surface area contributed by atoms with Crippen LogP contribution in [0.5, 0.6) is 5.88 Å². The lowest BCUT2D eigenvalue weighted by atomic mass is 9.88. The summed E-state index contributed by atoms with van der Waals surface area (Å²) in [6.07, 6.45) is 4.88. The highest BCUT2D eigenvalue weighted by Crippen LogP contribution is 2.30. The lowest BCUT2D eigenvalue weighted by Crippen LogP contribution is -2.34. The van der Waals surface area contributed by atoms with Crippen molar-refractivity contribution in [1.29, 1.82) is 0 Å². The van der Waals surface area contributed by atoms with Crippen LogP contribution in [0.1, 0.15) is 63.1 Å². The molecule has 0 unspecified atom stereocenters. The van der Waals surface area contributed by atoms with Crippen molar-refractivity contribution in [3.63, 3.8) is 0 Å². The molecule has 28 heavy (non-hydrogen) atoms. The van der Waals surface area contributed by atoms with Gasteiger partial charge in [0.15, 0.2) is 0 Å². The predicted molar refractivity (Wildman–Crippen MR) is 111 cm³/mol. The zero-order valence-corrected chi connectivity index (χ0v) is 17.0. The highest BCUT2D eigenvalue weighted by Gasteiger charge is 2.22. The van der Waals surface area contributed by atoms with Gasteiger partial charge < -0.3 is 15.0 Å². The minimum Gasteiger partial charge on any atom is -0.478 e. The number of nitrogens with one attached hydrogen (secondary N) is 1. The molecule has 2 heterocycles. The molecule has 1 aromatic heterocycles. The number of ether oxygens (including phenoxy) is 1. The van der Waals surface area contributed by atoms with Crippen LogP contribution < -0.4 is 15.0 Å². The van der Waals surface area contributed by atoms with Gasteiger partial charge in [0.05, 0.1) is 12.6 Å². The maximum atomic E-state index is 11.2. The van der Waals surface area contributed by atoms with Crippen molar-refractivity contribution in [2.45, 2.75) is 52.0 Å². The van der Waals surface area contributed by atoms with Crippen LogP contribution in [0.3, 0.4) is 0 Å². The smallest absolute Gasteiger partial charge is 0.228 e. The summed E-state index contributed by atoms with van der Waals surface area (Å²) in [6.45, 7) is 8.19. The molecule has 1 aromatic carbocycles. The number of aromatic nitrogens is 2. The highest BCUT2D eigenvalue weighted by molar-refractivity contribution is 5.73. The number of hydrogen-bond donors (Lipinski definition) is 1. The number of benzene rings is 1. The molecular formula is C22H30N4O2. The molecule has 0 radical (unpaired) electrons. The monoisotopic (exact) mass is 382 g/mol. The summed E-state index contributed by atoms with van der Waals surface area (Å²) < 4.78 is 5.63. The average Bonchev–Trinajstić information content (AvgIpc) is 2.72. The van der Waals surface area contributed by atoms with Crippen molar-refractivity contribution >= 4 is 11.9 Å². The van der Waals surface area contributed by atoms with E-state index in [9.17, 15) is 4.79 Å². The second-order valence-corrected chi connectivity index (χ2v) is 7.39. The minimum absolute atomic E-state index is 0.00432. The number of nitrogens with zero attached hydrogens (tertiary/aromatic N) is 3. The molecule has 150 valence electrons. The summed E-state index contributed by atoms with van der Waals surface area (Å²) in [7, 11) is 0. The predicted octanol–water partition coefficient (Wildman–Crippen LogP) is 3.85. The van der Waals surface area contributed by atoms with Crippen LogP contribution in [0.4, 0.5) is 5.95 Å². The second-order valence-electron chi connectivity index (χ2n) is 7.39. The van der Waals surface area contributed by atoms with Crippen molar-refractivity contribution in [1.82, 2.24) is 15.3 Å². The third kappa shape index (κ3) is 5.21. The lowest BCUT2D eigenvalue weighted by molar-refractivity contribution is -0.119. The topological polar surface area (TPSA) is 67.3 Å². The fourth-order valence-electron chi connectivity index (χ4n) is 3.63. The van der Waals surface area contributed by atoms with E-state index < -0.39 is 0 Å². The van der Waals surface area contributed by atoms with E-state index in [0.29, 0.717) is 18.4 Å². The highest BCUT2D eigenvalue weighted by atomic mass is 16.5. The van der Waals surface area contributed by atoms with Gasteiger partial charge in [-0.15, -0.1) is 0 Å². The van der Waals surface area contributed by atoms with Crippen LogP contribution in [0, 0.1) is 0 Å². The number of amides is 1. The third-order valence-corrected chi connectivity index (χ3v) is 5.18. The van der Waals surface area contributed by atoms with E-state index >= 15 is 0 Å². The van der Waals surface area contributed by atoms with Gasteiger partial charge in [-0.3, -0.25) is 4.79 Å². The first kappa shape index (κ1) is 20.1. The van der Waals surface area contributed by atoms with Crippen molar-refractivity contribution in [3.05, 3.63) is 47.7 Å². The van der Waals surface area contributed by atoms with Crippen molar-refractivity contribution < 1.29 is 9.53 Å². The summed E-state index contributed by atoms with van der Waals surface area (Å²) in [5.74, 6) is 1.95. The molecule has 1 amide bonds. The lowest BCUT2D eigenvalue weighted by Gasteiger charge is -2.32. The Kier molecular flexibility index (Phi) is 6.85. The molecule has 1 aliphatic heterocycles. The van der Waals surface area contributed by atoms with Gasteiger partial charge >= 0.3 is 0 Å². The van der Waals surface area contributed by atoms with Gasteiger partial charge in [-0.1, -0.05) is 31.2 Å². The normalized spacial score (nSPS) is 15.9. The number of anilines is 1. The van der Waals surface area contributed by atoms with E-state index in [1.54, 1.807) is 13.1 Å². The standard InChI is InChI=1S/C22H30N4O2/c1-4-15-28-21-9-12-23-22(25-21)26-13-10-20(11-14-26)19-7-5-18(6-8-19)16(2)24-17(3)27/h5-9,12,16,20H,4,10-11,13-15H2,1-3H3,(H,24,27)/t16-/m0/s1. The fourth-order valence-corrected chi connectivity index (χ4v) is 3.63. The Labute approximate surface area is 167 Å². The van der Waals surface area contributed by atoms with Crippen LogP contribution >= 0.6 is 0 Å². The summed E-state index contributed by atoms with van der Waals surface area (Å²) in [5, 5.41) is 2.93. The number of rotatable bonds is 7. The van der Waals surface area contributed by atoms with Gasteiger partial charge in [-0.05, 0) is 43.2 Å². The van der Waals surface area contributed by atoms with Crippen LogP contribution in [-0.4, -0.2) is 35.6 Å². The molecule has 1 N–H and O–H groups in total. The molecule has 0 bridgehead atoms. The van der Waals surface area contributed by atoms with Gasteiger partial charge in [-0.25, -0.2) is 4.98 Å². The first-order valence-corrected chi connectivity index (χ1v) is 10.1. The van der Waals surface area contributed by atoms with Gasteiger partial charge in [-0.2, -0.15) is 4.98 Å². The molecule has 1 atom stereocenters. The Morgan fingerprint density at radius 3 is 2.61 bits per heavy atom. The first-order valence-electron chi connectivity index (χ1n) is 10.1. The molecule has 1 aliphatic rings. The molecule has 6 heteroatoms. The Morgan fingerprint density at radius 2 is 1.96 bits per heavy atom. The molecular weight excluding hydrogens is 352 g/mol. The average molecular weight is 383 g/mol. The number of piperidine rings is 1. The quantitative estimate of drug-likeness (QED) is 0.788. The minimum atomic E-state index is -0.00432. The van der Waals surface area contributed by atoms with Crippen LogP contribution in [-0.2, 0) is 4.79 Å². The van der Waals surface area contributed by atoms with Crippen LogP contribution in [0.25, 0.3) is 0 Å². The largest absolute Gasteiger partial charge is 0.478 e. The Hall–Kier alpha value is -2.63. The Bertz CT molecular complexity index is 770. The summed E-state index contributed by atoms with van der Waals surface area (Å²) in [5.41, 5.74) is 2.49. The fraction of sp³-hybridized carbons (Fsp3) is 0.500. The molecule has 1 fully saturated rings. The summed E-state index contributed by atoms with van der Waals surface area (Å²) in [4.78, 5) is 22.4.